The highest BCUT2D eigenvalue weighted by Gasteiger charge is 2.31. The first-order chi connectivity index (χ1) is 37.6. The summed E-state index contributed by atoms with van der Waals surface area (Å²) in [6.07, 6.45) is 0.243. The van der Waals surface area contributed by atoms with E-state index in [1.165, 1.54) is 47.7 Å². The van der Waals surface area contributed by atoms with Crippen LogP contribution in [0, 0.1) is 6.92 Å². The molecular weight excluding hydrogens is 1170 g/mol. The molecule has 27 nitrogen and oxygen atoms in total. The summed E-state index contributed by atoms with van der Waals surface area (Å²) >= 11 is 1.31. The molecule has 0 amide bonds. The van der Waals surface area contributed by atoms with E-state index < -0.39 is 115 Å². The molecule has 2 aromatic heterocycles. The summed E-state index contributed by atoms with van der Waals surface area (Å²) in [5, 5.41) is 51.0. The van der Waals surface area contributed by atoms with Gasteiger partial charge < -0.3 is 14.9 Å². The fraction of sp³-hybridized carbons (Fsp3) is 0.106. The van der Waals surface area contributed by atoms with Gasteiger partial charge in [-0.15, -0.1) is 30.7 Å². The largest absolute Gasteiger partial charge is 0.505 e. The minimum Gasteiger partial charge on any atom is -0.505 e. The number of thiazole rings is 1. The highest BCUT2D eigenvalue weighted by molar-refractivity contribution is 7.89. The Balaban J connectivity index is 1.11. The smallest absolute Gasteiger partial charge is 0.297 e. The Hall–Kier alpha value is -8.09. The van der Waals surface area contributed by atoms with Crippen molar-refractivity contribution in [3.05, 3.63) is 121 Å². The van der Waals surface area contributed by atoms with Gasteiger partial charge in [0.05, 0.1) is 34.0 Å². The third kappa shape index (κ3) is 12.1. The third-order valence-corrected chi connectivity index (χ3v) is 17.2. The standard InChI is InChI=1S/C47H37N9O18S6/c1-25-21-36(37(74-19-7-8-20-76(59,60)61)24-35(25)51-54-47-48-32-11-5-6-12-38(32)75-47)52-49-33-16-14-30-29(43(33)57)13-17-34(44(30)79(68,69)70)50-53-42-41(26-9-3-2-4-10-26)55-56(46(42)58)27-22-31-28(40(23-27)78(65,66)67)15-18-39(77(62,63)64)45(31)80(71,72)73/h2-6,9-18,21-24,57-58H,7-8,19-20H2,1H3,(H,59,60,61)(H,62,63,64)(H,65,66,67)(H,68,69,70)(H,71,72,73). The number of para-hydroxylation sites is 1. The van der Waals surface area contributed by atoms with Crippen molar-refractivity contribution in [3.8, 4) is 34.3 Å². The fourth-order valence-corrected chi connectivity index (χ4v) is 13.0. The van der Waals surface area contributed by atoms with Crippen molar-refractivity contribution in [2.45, 2.75) is 39.3 Å². The Labute approximate surface area is 456 Å². The average Bonchev–Trinajstić information content (AvgIpc) is 4.08. The Bertz CT molecular complexity index is 4670. The summed E-state index contributed by atoms with van der Waals surface area (Å²) in [5.74, 6) is -2.08. The number of azo groups is 3. The maximum atomic E-state index is 13.2. The zero-order valence-electron chi connectivity index (χ0n) is 40.4. The molecule has 0 radical (unpaired) electrons. The number of ether oxygens (including phenoxy) is 1. The Morgan fingerprint density at radius 3 is 1.86 bits per heavy atom. The van der Waals surface area contributed by atoms with E-state index in [-0.39, 0.29) is 58.6 Å². The average molecular weight is 1210 g/mol. The van der Waals surface area contributed by atoms with E-state index >= 15 is 0 Å². The van der Waals surface area contributed by atoms with Gasteiger partial charge in [0.2, 0.25) is 11.0 Å². The first-order valence-electron chi connectivity index (χ1n) is 22.6. The predicted octanol–water partition coefficient (Wildman–Crippen LogP) is 10.5. The van der Waals surface area contributed by atoms with Gasteiger partial charge in [-0.25, -0.2) is 4.98 Å². The summed E-state index contributed by atoms with van der Waals surface area (Å²) in [4.78, 5) is -0.454. The van der Waals surface area contributed by atoms with Crippen molar-refractivity contribution in [2.75, 3.05) is 12.4 Å². The van der Waals surface area contributed by atoms with Crippen molar-refractivity contribution in [1.29, 1.82) is 0 Å². The zero-order valence-corrected chi connectivity index (χ0v) is 45.3. The molecule has 0 saturated carbocycles. The topological polar surface area (TPSA) is 426 Å². The van der Waals surface area contributed by atoms with E-state index in [2.05, 4.69) is 40.8 Å². The van der Waals surface area contributed by atoms with E-state index in [0.717, 1.165) is 40.5 Å². The Morgan fingerprint density at radius 2 is 1.19 bits per heavy atom. The molecule has 33 heteroatoms. The van der Waals surface area contributed by atoms with Crippen molar-refractivity contribution in [2.24, 2.45) is 30.7 Å². The lowest BCUT2D eigenvalue weighted by Gasteiger charge is -2.13. The molecule has 80 heavy (non-hydrogen) atoms. The van der Waals surface area contributed by atoms with Crippen LogP contribution in [0.5, 0.6) is 17.4 Å². The van der Waals surface area contributed by atoms with Gasteiger partial charge in [0.1, 0.15) is 48.1 Å². The van der Waals surface area contributed by atoms with Crippen LogP contribution in [0.15, 0.2) is 166 Å². The summed E-state index contributed by atoms with van der Waals surface area (Å²) in [6, 6.07) is 25.1. The molecule has 7 aromatic carbocycles. The number of hydrogen-bond donors (Lipinski definition) is 7. The molecule has 9 rings (SSSR count). The van der Waals surface area contributed by atoms with Crippen LogP contribution < -0.4 is 4.74 Å². The molecule has 9 aromatic rings. The highest BCUT2D eigenvalue weighted by atomic mass is 32.2. The quantitative estimate of drug-likeness (QED) is 0.0238. The van der Waals surface area contributed by atoms with Crippen LogP contribution >= 0.6 is 11.3 Å². The summed E-state index contributed by atoms with van der Waals surface area (Å²) in [7, 11) is -26.0. The molecule has 0 bridgehead atoms. The third-order valence-electron chi connectivity index (χ3n) is 11.7. The summed E-state index contributed by atoms with van der Waals surface area (Å²) in [5.41, 5.74) is -0.435. The second-order valence-corrected chi connectivity index (χ2v) is 25.2. The van der Waals surface area contributed by atoms with Crippen molar-refractivity contribution in [1.82, 2.24) is 14.8 Å². The maximum Gasteiger partial charge on any atom is 0.297 e. The van der Waals surface area contributed by atoms with Crippen LogP contribution in [-0.2, 0) is 50.6 Å². The monoisotopic (exact) mass is 1210 g/mol. The van der Waals surface area contributed by atoms with Gasteiger partial charge in [-0.2, -0.15) is 51.9 Å². The van der Waals surface area contributed by atoms with E-state index in [1.807, 2.05) is 24.3 Å². The molecule has 0 aliphatic heterocycles. The van der Waals surface area contributed by atoms with Crippen LogP contribution in [0.1, 0.15) is 18.4 Å². The van der Waals surface area contributed by atoms with E-state index in [0.29, 0.717) is 33.2 Å². The summed E-state index contributed by atoms with van der Waals surface area (Å²) in [6.45, 7) is 1.65. The van der Waals surface area contributed by atoms with Gasteiger partial charge in [0.15, 0.2) is 11.4 Å². The molecule has 0 aliphatic rings. The SMILES string of the molecule is Cc1cc(N=Nc2ccc3c(S(=O)(=O)O)c(N=Nc4c(-c5ccccc5)nn(-c5cc(S(=O)(=O)O)c6ccc(S(=O)(=O)O)c(S(=O)(=O)O)c6c5)c4O)ccc3c2O)c(OCCCCS(=O)(=O)O)cc1N=Nc1nc2ccccc2s1. The number of rotatable bonds is 18. The van der Waals surface area contributed by atoms with Crippen LogP contribution in [0.3, 0.4) is 0 Å². The normalized spacial score (nSPS) is 13.0. The number of phenolic OH excluding ortho intramolecular Hbond substituents is 1. The van der Waals surface area contributed by atoms with Gasteiger partial charge in [0.25, 0.3) is 50.6 Å². The molecule has 414 valence electrons. The first-order valence-corrected chi connectivity index (χ1v) is 30.8. The lowest BCUT2D eigenvalue weighted by molar-refractivity contribution is 0.310. The summed E-state index contributed by atoms with van der Waals surface area (Å²) < 4.78 is 182. The molecule has 0 fully saturated rings. The maximum absolute atomic E-state index is 13.2. The number of phenols is 1. The Kier molecular flexibility index (Phi) is 15.2. The number of aromatic hydroxyl groups is 2. The minimum absolute atomic E-state index is 0.0458. The van der Waals surface area contributed by atoms with Crippen LogP contribution in [0.4, 0.5) is 33.6 Å². The molecule has 0 unspecified atom stereocenters. The van der Waals surface area contributed by atoms with E-state index in [9.17, 15) is 70.5 Å². The molecule has 0 atom stereocenters. The van der Waals surface area contributed by atoms with Gasteiger partial charge in [-0.1, -0.05) is 65.9 Å². The van der Waals surface area contributed by atoms with E-state index in [4.69, 9.17) is 9.29 Å². The van der Waals surface area contributed by atoms with Crippen molar-refractivity contribution in [3.63, 3.8) is 0 Å². The van der Waals surface area contributed by atoms with Gasteiger partial charge in [-0.3, -0.25) is 22.8 Å². The van der Waals surface area contributed by atoms with Gasteiger partial charge in [0, 0.05) is 33.2 Å². The molecule has 0 saturated heterocycles. The first kappa shape index (κ1) is 56.6. The number of nitrogens with zero attached hydrogens (tertiary/aromatic N) is 9. The number of fused-ring (bicyclic) bond motifs is 3. The number of unbranched alkanes of at least 4 members (excludes halogenated alkanes) is 1. The van der Waals surface area contributed by atoms with Crippen LogP contribution in [0.2, 0.25) is 0 Å². The van der Waals surface area contributed by atoms with Crippen LogP contribution in [-0.4, -0.2) is 102 Å². The van der Waals surface area contributed by atoms with Crippen LogP contribution in [0.25, 0.3) is 48.7 Å². The van der Waals surface area contributed by atoms with Gasteiger partial charge in [-0.05, 0) is 79.9 Å². The minimum atomic E-state index is -5.64. The van der Waals surface area contributed by atoms with Crippen molar-refractivity contribution >= 4 is 127 Å². The number of hydrogen-bond acceptors (Lipinski definition) is 22. The highest BCUT2D eigenvalue weighted by Crippen LogP contribution is 2.46. The lowest BCUT2D eigenvalue weighted by Crippen LogP contribution is -2.11. The molecular formula is C47H37N9O18S6. The molecule has 7 N–H and O–H groups in total. The predicted molar refractivity (Wildman–Crippen MR) is 288 cm³/mol. The Morgan fingerprint density at radius 1 is 0.562 bits per heavy atom. The molecule has 2 heterocycles. The second kappa shape index (κ2) is 21.5. The van der Waals surface area contributed by atoms with Gasteiger partial charge >= 0.3 is 0 Å². The zero-order chi connectivity index (χ0) is 57.7. The second-order valence-electron chi connectivity index (χ2n) is 17.1. The number of aromatic nitrogens is 3. The fourth-order valence-electron chi connectivity index (χ4n) is 8.12. The number of benzene rings is 7. The lowest BCUT2D eigenvalue weighted by atomic mass is 10.1. The molecule has 0 spiro atoms. The number of aryl methyl sites for hydroxylation is 1. The van der Waals surface area contributed by atoms with E-state index in [1.54, 1.807) is 19.1 Å². The van der Waals surface area contributed by atoms with Crippen molar-refractivity contribution < 1.29 is 79.8 Å². The molecule has 0 aliphatic carbocycles.